The van der Waals surface area contributed by atoms with E-state index in [1.165, 1.54) is 12.8 Å². The van der Waals surface area contributed by atoms with Gasteiger partial charge in [0, 0.05) is 18.7 Å². The summed E-state index contributed by atoms with van der Waals surface area (Å²) in [5.74, 6) is 0.0738. The highest BCUT2D eigenvalue weighted by Gasteiger charge is 2.27. The molecule has 1 aliphatic rings. The molecule has 15 heavy (non-hydrogen) atoms. The molecule has 1 fully saturated rings. The second kappa shape index (κ2) is 6.08. The second-order valence-corrected chi connectivity index (χ2v) is 4.33. The second-order valence-electron chi connectivity index (χ2n) is 4.33. The van der Waals surface area contributed by atoms with Gasteiger partial charge < -0.3 is 10.4 Å². The van der Waals surface area contributed by atoms with Gasteiger partial charge in [0.15, 0.2) is 0 Å². The van der Waals surface area contributed by atoms with Crippen molar-refractivity contribution < 1.29 is 9.90 Å². The highest BCUT2D eigenvalue weighted by Crippen LogP contribution is 2.24. The number of likely N-dealkylation sites (N-methyl/N-ethyl adjacent to an activating group) is 1. The summed E-state index contributed by atoms with van der Waals surface area (Å²) in [5.41, 5.74) is 0. The number of amides is 1. The third-order valence-electron chi connectivity index (χ3n) is 2.90. The fraction of sp³-hybridized carbons (Fsp3) is 0.909. The normalized spacial score (nSPS) is 17.9. The van der Waals surface area contributed by atoms with Gasteiger partial charge in [0.1, 0.15) is 0 Å². The Labute approximate surface area is 91.6 Å². The predicted octanol–water partition coefficient (Wildman–Crippen LogP) is 0.358. The van der Waals surface area contributed by atoms with E-state index in [9.17, 15) is 4.79 Å². The fourth-order valence-corrected chi connectivity index (χ4v) is 1.68. The molecule has 88 valence electrons. The molecule has 2 N–H and O–H groups in total. The van der Waals surface area contributed by atoms with Crippen molar-refractivity contribution in [3.8, 4) is 0 Å². The molecule has 1 aliphatic carbocycles. The SMILES string of the molecule is CCC(CCO)NC(=O)CN(C)C1CC1. The molecule has 1 atom stereocenters. The minimum Gasteiger partial charge on any atom is -0.396 e. The third-order valence-corrected chi connectivity index (χ3v) is 2.90. The number of rotatable bonds is 7. The largest absolute Gasteiger partial charge is 0.396 e. The van der Waals surface area contributed by atoms with Gasteiger partial charge in [0.25, 0.3) is 0 Å². The monoisotopic (exact) mass is 214 g/mol. The lowest BCUT2D eigenvalue weighted by molar-refractivity contribution is -0.122. The van der Waals surface area contributed by atoms with Crippen LogP contribution in [0.25, 0.3) is 0 Å². The summed E-state index contributed by atoms with van der Waals surface area (Å²) in [4.78, 5) is 13.7. The minimum atomic E-state index is 0.0738. The van der Waals surface area contributed by atoms with Crippen LogP contribution in [-0.4, -0.2) is 48.2 Å². The fourth-order valence-electron chi connectivity index (χ4n) is 1.68. The predicted molar refractivity (Wildman–Crippen MR) is 59.6 cm³/mol. The van der Waals surface area contributed by atoms with Crippen LogP contribution in [0.15, 0.2) is 0 Å². The maximum absolute atomic E-state index is 11.6. The quantitative estimate of drug-likeness (QED) is 0.643. The van der Waals surface area contributed by atoms with Crippen molar-refractivity contribution >= 4 is 5.91 Å². The lowest BCUT2D eigenvalue weighted by Gasteiger charge is -2.19. The summed E-state index contributed by atoms with van der Waals surface area (Å²) in [5, 5.41) is 11.7. The number of nitrogens with one attached hydrogen (secondary N) is 1. The van der Waals surface area contributed by atoms with Gasteiger partial charge in [-0.15, -0.1) is 0 Å². The summed E-state index contributed by atoms with van der Waals surface area (Å²) in [6.45, 7) is 2.63. The molecule has 1 saturated carbocycles. The highest BCUT2D eigenvalue weighted by atomic mass is 16.3. The van der Waals surface area contributed by atoms with Gasteiger partial charge in [0.2, 0.25) is 5.91 Å². The molecule has 0 saturated heterocycles. The van der Waals surface area contributed by atoms with E-state index in [0.29, 0.717) is 19.0 Å². The number of aliphatic hydroxyl groups excluding tert-OH is 1. The van der Waals surface area contributed by atoms with Crippen molar-refractivity contribution in [1.82, 2.24) is 10.2 Å². The molecule has 0 heterocycles. The van der Waals surface area contributed by atoms with Crippen molar-refractivity contribution in [3.63, 3.8) is 0 Å². The topological polar surface area (TPSA) is 52.6 Å². The van der Waals surface area contributed by atoms with Crippen LogP contribution in [0.1, 0.15) is 32.6 Å². The van der Waals surface area contributed by atoms with E-state index in [2.05, 4.69) is 10.2 Å². The lowest BCUT2D eigenvalue weighted by atomic mass is 10.1. The van der Waals surface area contributed by atoms with Gasteiger partial charge in [0.05, 0.1) is 6.54 Å². The zero-order chi connectivity index (χ0) is 11.3. The van der Waals surface area contributed by atoms with E-state index in [4.69, 9.17) is 5.11 Å². The average Bonchev–Trinajstić information content (AvgIpc) is 2.99. The molecule has 4 nitrogen and oxygen atoms in total. The van der Waals surface area contributed by atoms with Gasteiger partial charge in [-0.1, -0.05) is 6.92 Å². The average molecular weight is 214 g/mol. The van der Waals surface area contributed by atoms with Crippen LogP contribution >= 0.6 is 0 Å². The first kappa shape index (κ1) is 12.5. The molecule has 0 radical (unpaired) electrons. The van der Waals surface area contributed by atoms with Gasteiger partial charge in [-0.25, -0.2) is 0 Å². The molecule has 1 amide bonds. The lowest BCUT2D eigenvalue weighted by Crippen LogP contribution is -2.41. The smallest absolute Gasteiger partial charge is 0.234 e. The Bertz CT molecular complexity index is 205. The number of hydrogen-bond donors (Lipinski definition) is 2. The molecule has 1 rings (SSSR count). The van der Waals surface area contributed by atoms with Crippen LogP contribution in [-0.2, 0) is 4.79 Å². The van der Waals surface area contributed by atoms with Gasteiger partial charge in [-0.05, 0) is 32.7 Å². The molecule has 0 aromatic rings. The van der Waals surface area contributed by atoms with Gasteiger partial charge >= 0.3 is 0 Å². The molecular formula is C11H22N2O2. The summed E-state index contributed by atoms with van der Waals surface area (Å²) in [7, 11) is 1.99. The Morgan fingerprint density at radius 2 is 2.27 bits per heavy atom. The van der Waals surface area contributed by atoms with Crippen LogP contribution in [0.4, 0.5) is 0 Å². The maximum Gasteiger partial charge on any atom is 0.234 e. The molecule has 0 aromatic carbocycles. The van der Waals surface area contributed by atoms with Crippen molar-refractivity contribution in [2.75, 3.05) is 20.2 Å². The van der Waals surface area contributed by atoms with Crippen molar-refractivity contribution in [2.45, 2.75) is 44.7 Å². The standard InChI is InChI=1S/C11H22N2O2/c1-3-9(6-7-14)12-11(15)8-13(2)10-4-5-10/h9-10,14H,3-8H2,1-2H3,(H,12,15). The van der Waals surface area contributed by atoms with Crippen LogP contribution in [0.5, 0.6) is 0 Å². The van der Waals surface area contributed by atoms with Crippen LogP contribution in [0.2, 0.25) is 0 Å². The zero-order valence-corrected chi connectivity index (χ0v) is 9.70. The van der Waals surface area contributed by atoms with Crippen molar-refractivity contribution in [1.29, 1.82) is 0 Å². The summed E-state index contributed by atoms with van der Waals surface area (Å²) >= 11 is 0. The first-order chi connectivity index (χ1) is 7.17. The summed E-state index contributed by atoms with van der Waals surface area (Å²) < 4.78 is 0. The first-order valence-electron chi connectivity index (χ1n) is 5.77. The maximum atomic E-state index is 11.6. The number of hydrogen-bond acceptors (Lipinski definition) is 3. The molecular weight excluding hydrogens is 192 g/mol. The minimum absolute atomic E-state index is 0.0738. The number of carbonyl (C=O) groups excluding carboxylic acids is 1. The number of nitrogens with zero attached hydrogens (tertiary/aromatic N) is 1. The summed E-state index contributed by atoms with van der Waals surface area (Å²) in [6, 6.07) is 0.740. The summed E-state index contributed by atoms with van der Waals surface area (Å²) in [6.07, 6.45) is 3.96. The third kappa shape index (κ3) is 4.62. The van der Waals surface area contributed by atoms with Crippen LogP contribution in [0, 0.1) is 0 Å². The Morgan fingerprint density at radius 1 is 1.60 bits per heavy atom. The van der Waals surface area contributed by atoms with E-state index in [1.807, 2.05) is 14.0 Å². The molecule has 1 unspecified atom stereocenters. The first-order valence-corrected chi connectivity index (χ1v) is 5.77. The highest BCUT2D eigenvalue weighted by molar-refractivity contribution is 5.78. The van der Waals surface area contributed by atoms with E-state index < -0.39 is 0 Å². The molecule has 0 spiro atoms. The Kier molecular flexibility index (Phi) is 5.05. The van der Waals surface area contributed by atoms with E-state index >= 15 is 0 Å². The van der Waals surface area contributed by atoms with E-state index in [1.54, 1.807) is 0 Å². The van der Waals surface area contributed by atoms with Crippen LogP contribution in [0.3, 0.4) is 0 Å². The van der Waals surface area contributed by atoms with Crippen molar-refractivity contribution in [2.24, 2.45) is 0 Å². The zero-order valence-electron chi connectivity index (χ0n) is 9.70. The van der Waals surface area contributed by atoms with Crippen LogP contribution < -0.4 is 5.32 Å². The van der Waals surface area contributed by atoms with E-state index in [0.717, 1.165) is 6.42 Å². The van der Waals surface area contributed by atoms with Gasteiger partial charge in [-0.2, -0.15) is 0 Å². The Balaban J connectivity index is 2.20. The number of aliphatic hydroxyl groups is 1. The molecule has 0 aromatic heterocycles. The van der Waals surface area contributed by atoms with E-state index in [-0.39, 0.29) is 18.6 Å². The number of carbonyl (C=O) groups is 1. The molecule has 0 aliphatic heterocycles. The Morgan fingerprint density at radius 3 is 2.73 bits per heavy atom. The molecule has 0 bridgehead atoms. The Hall–Kier alpha value is -0.610. The molecule has 4 heteroatoms. The van der Waals surface area contributed by atoms with Gasteiger partial charge in [-0.3, -0.25) is 9.69 Å². The van der Waals surface area contributed by atoms with Crippen molar-refractivity contribution in [3.05, 3.63) is 0 Å².